The van der Waals surface area contributed by atoms with Crippen molar-refractivity contribution in [3.05, 3.63) is 24.4 Å². The Labute approximate surface area is 120 Å². The Morgan fingerprint density at radius 3 is 2.85 bits per heavy atom. The maximum Gasteiger partial charge on any atom is 0.320 e. The molecule has 0 aliphatic carbocycles. The van der Waals surface area contributed by atoms with Gasteiger partial charge in [-0.2, -0.15) is 0 Å². The van der Waals surface area contributed by atoms with Crippen LogP contribution in [0.4, 0.5) is 10.6 Å². The van der Waals surface area contributed by atoms with Gasteiger partial charge in [0.2, 0.25) is 0 Å². The van der Waals surface area contributed by atoms with Gasteiger partial charge >= 0.3 is 6.03 Å². The highest BCUT2D eigenvalue weighted by Gasteiger charge is 2.20. The van der Waals surface area contributed by atoms with Crippen molar-refractivity contribution in [1.82, 2.24) is 15.2 Å². The summed E-state index contributed by atoms with van der Waals surface area (Å²) in [5.41, 5.74) is 0. The maximum absolute atomic E-state index is 11.8. The molecule has 0 saturated carbocycles. The van der Waals surface area contributed by atoms with Gasteiger partial charge in [-0.3, -0.25) is 10.2 Å². The topological polar surface area (TPSA) is 57.3 Å². The van der Waals surface area contributed by atoms with E-state index in [4.69, 9.17) is 0 Å². The van der Waals surface area contributed by atoms with Gasteiger partial charge in [-0.25, -0.2) is 9.78 Å². The Bertz CT molecular complexity index is 415. The molecule has 0 bridgehead atoms. The zero-order valence-electron chi connectivity index (χ0n) is 12.3. The minimum Gasteiger partial charge on any atom is -0.336 e. The monoisotopic (exact) mass is 276 g/mol. The number of anilines is 1. The number of likely N-dealkylation sites (tertiary alicyclic amines) is 1. The van der Waals surface area contributed by atoms with E-state index < -0.39 is 0 Å². The van der Waals surface area contributed by atoms with E-state index in [-0.39, 0.29) is 6.03 Å². The lowest BCUT2D eigenvalue weighted by Crippen LogP contribution is -2.46. The van der Waals surface area contributed by atoms with E-state index in [1.807, 2.05) is 12.1 Å². The first-order chi connectivity index (χ1) is 9.65. The number of amides is 2. The van der Waals surface area contributed by atoms with E-state index in [9.17, 15) is 4.79 Å². The summed E-state index contributed by atoms with van der Waals surface area (Å²) < 4.78 is 0. The van der Waals surface area contributed by atoms with Crippen molar-refractivity contribution in [1.29, 1.82) is 0 Å². The molecule has 2 rings (SSSR count). The quantitative estimate of drug-likeness (QED) is 0.887. The number of hydrogen-bond acceptors (Lipinski definition) is 3. The molecule has 2 heterocycles. The Kier molecular flexibility index (Phi) is 5.35. The van der Waals surface area contributed by atoms with Crippen LogP contribution in [0.15, 0.2) is 24.4 Å². The third kappa shape index (κ3) is 4.49. The summed E-state index contributed by atoms with van der Waals surface area (Å²) >= 11 is 0. The normalized spacial score (nSPS) is 18.5. The van der Waals surface area contributed by atoms with Gasteiger partial charge < -0.3 is 5.32 Å². The molecule has 0 unspecified atom stereocenters. The summed E-state index contributed by atoms with van der Waals surface area (Å²) in [6, 6.07) is 5.62. The van der Waals surface area contributed by atoms with Gasteiger partial charge in [0, 0.05) is 18.8 Å². The van der Waals surface area contributed by atoms with Gasteiger partial charge in [0.25, 0.3) is 0 Å². The molecule has 0 aromatic carbocycles. The molecule has 5 nitrogen and oxygen atoms in total. The average molecular weight is 276 g/mol. The minimum atomic E-state index is -0.194. The van der Waals surface area contributed by atoms with Gasteiger partial charge in [-0.05, 0) is 50.9 Å². The van der Waals surface area contributed by atoms with Gasteiger partial charge in [0.05, 0.1) is 0 Å². The van der Waals surface area contributed by atoms with Crippen LogP contribution in [0.25, 0.3) is 0 Å². The van der Waals surface area contributed by atoms with E-state index in [2.05, 4.69) is 34.4 Å². The van der Waals surface area contributed by atoms with Gasteiger partial charge in [0.1, 0.15) is 5.82 Å². The van der Waals surface area contributed by atoms with Crippen LogP contribution in [0.3, 0.4) is 0 Å². The van der Waals surface area contributed by atoms with Gasteiger partial charge in [0.15, 0.2) is 0 Å². The Hall–Kier alpha value is -1.62. The van der Waals surface area contributed by atoms with Crippen LogP contribution >= 0.6 is 0 Å². The molecule has 2 N–H and O–H groups in total. The maximum atomic E-state index is 11.8. The van der Waals surface area contributed by atoms with Crippen molar-refractivity contribution in [3.8, 4) is 0 Å². The first-order valence-corrected chi connectivity index (χ1v) is 7.35. The zero-order valence-corrected chi connectivity index (χ0v) is 12.3. The third-order valence-corrected chi connectivity index (χ3v) is 3.91. The fourth-order valence-corrected chi connectivity index (χ4v) is 2.44. The fourth-order valence-electron chi connectivity index (χ4n) is 2.44. The van der Waals surface area contributed by atoms with E-state index in [0.29, 0.717) is 18.4 Å². The summed E-state index contributed by atoms with van der Waals surface area (Å²) in [4.78, 5) is 18.3. The Morgan fingerprint density at radius 1 is 1.45 bits per heavy atom. The largest absolute Gasteiger partial charge is 0.336 e. The number of carbonyl (C=O) groups excluding carboxylic acids is 1. The molecule has 1 aromatic rings. The van der Waals surface area contributed by atoms with Gasteiger partial charge in [-0.1, -0.05) is 13.0 Å². The predicted octanol–water partition coefficient (Wildman–Crippen LogP) is 2.32. The lowest BCUT2D eigenvalue weighted by molar-refractivity contribution is 0.146. The smallest absolute Gasteiger partial charge is 0.320 e. The van der Waals surface area contributed by atoms with Crippen LogP contribution < -0.4 is 10.6 Å². The molecule has 0 spiro atoms. The molecule has 0 radical (unpaired) electrons. The number of nitrogens with zero attached hydrogens (tertiary/aromatic N) is 2. The summed E-state index contributed by atoms with van der Waals surface area (Å²) in [6.45, 7) is 7.39. The third-order valence-electron chi connectivity index (χ3n) is 3.91. The van der Waals surface area contributed by atoms with Crippen LogP contribution in [0.1, 0.15) is 26.7 Å². The first kappa shape index (κ1) is 14.8. The second kappa shape index (κ2) is 7.24. The second-order valence-electron chi connectivity index (χ2n) is 5.62. The van der Waals surface area contributed by atoms with Crippen LogP contribution in [0.2, 0.25) is 0 Å². The molecule has 1 fully saturated rings. The van der Waals surface area contributed by atoms with Crippen LogP contribution in [0, 0.1) is 5.92 Å². The standard InChI is InChI=1S/C15H24N4O/c1-12-6-9-19(10-7-12)13(2)11-17-15(20)18-14-5-3-4-8-16-14/h3-5,8,12-13H,6-7,9-11H2,1-2H3,(H2,16,17,18,20)/t13-/m0/s1. The van der Waals surface area contributed by atoms with E-state index in [0.717, 1.165) is 19.0 Å². The predicted molar refractivity (Wildman–Crippen MR) is 80.7 cm³/mol. The minimum absolute atomic E-state index is 0.194. The Balaban J connectivity index is 1.70. The van der Waals surface area contributed by atoms with Gasteiger partial charge in [-0.15, -0.1) is 0 Å². The lowest BCUT2D eigenvalue weighted by atomic mass is 9.98. The van der Waals surface area contributed by atoms with Crippen molar-refractivity contribution in [2.45, 2.75) is 32.7 Å². The molecule has 2 amide bonds. The summed E-state index contributed by atoms with van der Waals surface area (Å²) in [5, 5.41) is 5.64. The molecule has 1 aromatic heterocycles. The molecule has 1 saturated heterocycles. The molecular weight excluding hydrogens is 252 g/mol. The summed E-state index contributed by atoms with van der Waals surface area (Å²) in [6.07, 6.45) is 4.17. The number of pyridine rings is 1. The Morgan fingerprint density at radius 2 is 2.20 bits per heavy atom. The van der Waals surface area contributed by atoms with E-state index >= 15 is 0 Å². The number of urea groups is 1. The second-order valence-corrected chi connectivity index (χ2v) is 5.62. The van der Waals surface area contributed by atoms with Crippen molar-refractivity contribution >= 4 is 11.8 Å². The molecule has 1 aliphatic heterocycles. The van der Waals surface area contributed by atoms with Crippen molar-refractivity contribution in [2.75, 3.05) is 25.0 Å². The summed E-state index contributed by atoms with van der Waals surface area (Å²) in [7, 11) is 0. The number of piperidine rings is 1. The van der Waals surface area contributed by atoms with Crippen LogP contribution in [0.5, 0.6) is 0 Å². The lowest BCUT2D eigenvalue weighted by Gasteiger charge is -2.34. The van der Waals surface area contributed by atoms with Crippen molar-refractivity contribution in [2.24, 2.45) is 5.92 Å². The van der Waals surface area contributed by atoms with Crippen molar-refractivity contribution < 1.29 is 4.79 Å². The van der Waals surface area contributed by atoms with Crippen LogP contribution in [-0.2, 0) is 0 Å². The fraction of sp³-hybridized carbons (Fsp3) is 0.600. The van der Waals surface area contributed by atoms with E-state index in [1.165, 1.54) is 12.8 Å². The number of nitrogens with one attached hydrogen (secondary N) is 2. The highest BCUT2D eigenvalue weighted by atomic mass is 16.2. The molecule has 20 heavy (non-hydrogen) atoms. The molecular formula is C15H24N4O. The highest BCUT2D eigenvalue weighted by Crippen LogP contribution is 2.17. The molecule has 5 heteroatoms. The SMILES string of the molecule is CC1CCN([C@@H](C)CNC(=O)Nc2ccccn2)CC1. The number of aromatic nitrogens is 1. The molecule has 1 atom stereocenters. The number of rotatable bonds is 4. The van der Waals surface area contributed by atoms with E-state index in [1.54, 1.807) is 12.3 Å². The highest BCUT2D eigenvalue weighted by molar-refractivity contribution is 5.88. The number of carbonyl (C=O) groups is 1. The zero-order chi connectivity index (χ0) is 14.4. The van der Waals surface area contributed by atoms with Crippen LogP contribution in [-0.4, -0.2) is 41.6 Å². The van der Waals surface area contributed by atoms with Crippen molar-refractivity contribution in [3.63, 3.8) is 0 Å². The summed E-state index contributed by atoms with van der Waals surface area (Å²) in [5.74, 6) is 1.41. The average Bonchev–Trinajstić information content (AvgIpc) is 2.46. The molecule has 1 aliphatic rings. The molecule has 110 valence electrons. The first-order valence-electron chi connectivity index (χ1n) is 7.35. The number of hydrogen-bond donors (Lipinski definition) is 2.